The number of ether oxygens (including phenoxy) is 2. The van der Waals surface area contributed by atoms with Crippen molar-refractivity contribution in [1.29, 1.82) is 0 Å². The van der Waals surface area contributed by atoms with Gasteiger partial charge in [-0.3, -0.25) is 0 Å². The van der Waals surface area contributed by atoms with Crippen LogP contribution in [0.1, 0.15) is 11.1 Å². The number of anilines is 2. The highest BCUT2D eigenvalue weighted by molar-refractivity contribution is 5.77. The van der Waals surface area contributed by atoms with Crippen molar-refractivity contribution in [2.24, 2.45) is 0 Å². The van der Waals surface area contributed by atoms with Crippen LogP contribution >= 0.6 is 0 Å². The molecule has 98 valence electrons. The molecule has 0 unspecified atom stereocenters. The number of methoxy groups -OCH3 is 2. The smallest absolute Gasteiger partial charge is 0.124 e. The summed E-state index contributed by atoms with van der Waals surface area (Å²) in [6, 6.07) is 12.3. The molecule has 0 bridgehead atoms. The second-order valence-electron chi connectivity index (χ2n) is 4.65. The first kappa shape index (κ1) is 11.9. The molecule has 3 nitrogen and oxygen atoms in total. The van der Waals surface area contributed by atoms with Gasteiger partial charge in [-0.05, 0) is 24.3 Å². The topological polar surface area (TPSA) is 21.7 Å². The minimum Gasteiger partial charge on any atom is -0.496 e. The third kappa shape index (κ3) is 1.73. The Bertz CT molecular complexity index is 569. The molecule has 0 saturated heterocycles. The number of hydrogen-bond acceptors (Lipinski definition) is 3. The minimum absolute atomic E-state index is 0.836. The van der Waals surface area contributed by atoms with Crippen molar-refractivity contribution in [2.75, 3.05) is 26.2 Å². The molecular formula is C16H17NO2. The molecule has 3 heteroatoms. The first-order valence-corrected chi connectivity index (χ1v) is 6.31. The van der Waals surface area contributed by atoms with Gasteiger partial charge in [0.25, 0.3) is 0 Å². The van der Waals surface area contributed by atoms with Gasteiger partial charge in [0.05, 0.1) is 14.2 Å². The minimum atomic E-state index is 0.836. The fraction of sp³-hybridized carbons (Fsp3) is 0.250. The Morgan fingerprint density at radius 2 is 1.32 bits per heavy atom. The molecule has 1 aliphatic heterocycles. The van der Waals surface area contributed by atoms with Crippen molar-refractivity contribution in [3.63, 3.8) is 0 Å². The van der Waals surface area contributed by atoms with Gasteiger partial charge in [0, 0.05) is 36.0 Å². The zero-order chi connectivity index (χ0) is 13.4. The molecule has 0 radical (unpaired) electrons. The third-order valence-corrected chi connectivity index (χ3v) is 3.73. The molecule has 3 rings (SSSR count). The monoisotopic (exact) mass is 255 g/mol. The molecule has 0 atom stereocenters. The summed E-state index contributed by atoms with van der Waals surface area (Å²) in [5.74, 6) is 1.86. The van der Waals surface area contributed by atoms with Gasteiger partial charge >= 0.3 is 0 Å². The average Bonchev–Trinajstić information content (AvgIpc) is 2.46. The van der Waals surface area contributed by atoms with E-state index in [1.807, 2.05) is 24.3 Å². The van der Waals surface area contributed by atoms with E-state index in [1.54, 1.807) is 14.2 Å². The van der Waals surface area contributed by atoms with E-state index in [1.165, 1.54) is 22.5 Å². The van der Waals surface area contributed by atoms with Crippen LogP contribution in [0, 0.1) is 0 Å². The maximum absolute atomic E-state index is 5.48. The van der Waals surface area contributed by atoms with Crippen LogP contribution in [0.15, 0.2) is 36.4 Å². The molecule has 1 heterocycles. The van der Waals surface area contributed by atoms with E-state index in [0.717, 1.165) is 17.9 Å². The second-order valence-corrected chi connectivity index (χ2v) is 4.65. The molecule has 0 N–H and O–H groups in total. The number of rotatable bonds is 2. The molecule has 0 aromatic heterocycles. The van der Waals surface area contributed by atoms with Crippen LogP contribution in [0.5, 0.6) is 11.5 Å². The summed E-state index contributed by atoms with van der Waals surface area (Å²) < 4.78 is 11.0. The Kier molecular flexibility index (Phi) is 2.82. The highest BCUT2D eigenvalue weighted by Gasteiger charge is 2.24. The summed E-state index contributed by atoms with van der Waals surface area (Å²) in [5, 5.41) is 0. The molecule has 0 amide bonds. The standard InChI is InChI=1S/C16H17NO2/c1-17-13-6-4-8-15(18-2)11(13)10-12-14(17)7-5-9-16(12)19-3/h4-9H,10H2,1-3H3. The fourth-order valence-electron chi connectivity index (χ4n) is 2.78. The number of hydrogen-bond donors (Lipinski definition) is 0. The van der Waals surface area contributed by atoms with Crippen LogP contribution in [0.25, 0.3) is 0 Å². The highest BCUT2D eigenvalue weighted by Crippen LogP contribution is 2.44. The summed E-state index contributed by atoms with van der Waals surface area (Å²) in [6.07, 6.45) is 0.836. The van der Waals surface area contributed by atoms with Gasteiger partial charge in [0.15, 0.2) is 0 Å². The van der Waals surface area contributed by atoms with Crippen LogP contribution in [0.3, 0.4) is 0 Å². The lowest BCUT2D eigenvalue weighted by Gasteiger charge is -2.31. The summed E-state index contributed by atoms with van der Waals surface area (Å²) in [5.41, 5.74) is 4.81. The van der Waals surface area contributed by atoms with Crippen LogP contribution in [-0.4, -0.2) is 21.3 Å². The van der Waals surface area contributed by atoms with Crippen LogP contribution in [0.4, 0.5) is 11.4 Å². The van der Waals surface area contributed by atoms with Crippen molar-refractivity contribution in [3.05, 3.63) is 47.5 Å². The molecule has 1 aliphatic rings. The third-order valence-electron chi connectivity index (χ3n) is 3.73. The SMILES string of the molecule is COc1cccc2c1Cc1c(OC)cccc1N2C. The average molecular weight is 255 g/mol. The van der Waals surface area contributed by atoms with Crippen LogP contribution in [-0.2, 0) is 6.42 Å². The van der Waals surface area contributed by atoms with E-state index in [4.69, 9.17) is 9.47 Å². The Morgan fingerprint density at radius 3 is 1.74 bits per heavy atom. The normalized spacial score (nSPS) is 12.7. The van der Waals surface area contributed by atoms with E-state index >= 15 is 0 Å². The maximum Gasteiger partial charge on any atom is 0.124 e. The largest absolute Gasteiger partial charge is 0.496 e. The van der Waals surface area contributed by atoms with Gasteiger partial charge in [-0.2, -0.15) is 0 Å². The summed E-state index contributed by atoms with van der Waals surface area (Å²) in [6.45, 7) is 0. The van der Waals surface area contributed by atoms with Crippen molar-refractivity contribution < 1.29 is 9.47 Å². The first-order chi connectivity index (χ1) is 9.26. The molecule has 0 aliphatic carbocycles. The number of fused-ring (bicyclic) bond motifs is 2. The lowest BCUT2D eigenvalue weighted by molar-refractivity contribution is 0.405. The van der Waals surface area contributed by atoms with Crippen molar-refractivity contribution >= 4 is 11.4 Å². The van der Waals surface area contributed by atoms with E-state index in [0.29, 0.717) is 0 Å². The highest BCUT2D eigenvalue weighted by atomic mass is 16.5. The summed E-state index contributed by atoms with van der Waals surface area (Å²) in [4.78, 5) is 2.19. The van der Waals surface area contributed by atoms with Gasteiger partial charge in [0.2, 0.25) is 0 Å². The van der Waals surface area contributed by atoms with Crippen LogP contribution < -0.4 is 14.4 Å². The van der Waals surface area contributed by atoms with Gasteiger partial charge in [-0.1, -0.05) is 12.1 Å². The van der Waals surface area contributed by atoms with E-state index in [2.05, 4.69) is 24.1 Å². The predicted molar refractivity (Wildman–Crippen MR) is 76.9 cm³/mol. The molecule has 2 aromatic carbocycles. The van der Waals surface area contributed by atoms with E-state index < -0.39 is 0 Å². The Hall–Kier alpha value is -2.16. The van der Waals surface area contributed by atoms with Crippen molar-refractivity contribution in [3.8, 4) is 11.5 Å². The number of nitrogens with zero attached hydrogens (tertiary/aromatic N) is 1. The molecule has 19 heavy (non-hydrogen) atoms. The Balaban J connectivity index is 2.20. The maximum atomic E-state index is 5.48. The zero-order valence-corrected chi connectivity index (χ0v) is 11.4. The first-order valence-electron chi connectivity index (χ1n) is 6.31. The summed E-state index contributed by atoms with van der Waals surface area (Å²) >= 11 is 0. The van der Waals surface area contributed by atoms with Gasteiger partial charge in [-0.25, -0.2) is 0 Å². The van der Waals surface area contributed by atoms with Gasteiger partial charge in [-0.15, -0.1) is 0 Å². The quantitative estimate of drug-likeness (QED) is 0.821. The van der Waals surface area contributed by atoms with E-state index in [-0.39, 0.29) is 0 Å². The van der Waals surface area contributed by atoms with E-state index in [9.17, 15) is 0 Å². The molecule has 0 saturated carbocycles. The second kappa shape index (κ2) is 4.50. The lowest BCUT2D eigenvalue weighted by Crippen LogP contribution is -2.19. The number of benzene rings is 2. The van der Waals surface area contributed by atoms with Crippen LogP contribution in [0.2, 0.25) is 0 Å². The van der Waals surface area contributed by atoms with Crippen molar-refractivity contribution in [2.45, 2.75) is 6.42 Å². The predicted octanol–water partition coefficient (Wildman–Crippen LogP) is 3.38. The Morgan fingerprint density at radius 1 is 0.842 bits per heavy atom. The Labute approximate surface area is 113 Å². The van der Waals surface area contributed by atoms with Crippen molar-refractivity contribution in [1.82, 2.24) is 0 Å². The van der Waals surface area contributed by atoms with Gasteiger partial charge < -0.3 is 14.4 Å². The molecular weight excluding hydrogens is 238 g/mol. The zero-order valence-electron chi connectivity index (χ0n) is 11.4. The molecule has 0 spiro atoms. The van der Waals surface area contributed by atoms with Gasteiger partial charge in [0.1, 0.15) is 11.5 Å². The molecule has 0 fully saturated rings. The molecule has 2 aromatic rings. The summed E-state index contributed by atoms with van der Waals surface area (Å²) in [7, 11) is 5.51. The fourth-order valence-corrected chi connectivity index (χ4v) is 2.78. The lowest BCUT2D eigenvalue weighted by atomic mass is 9.94.